The molecule has 0 radical (unpaired) electrons. The van der Waals surface area contributed by atoms with Crippen LogP contribution < -0.4 is 10.2 Å². The fraction of sp³-hybridized carbons (Fsp3) is 0.300. The van der Waals surface area contributed by atoms with E-state index in [0.29, 0.717) is 0 Å². The molecule has 1 N–H and O–H groups in total. The average Bonchev–Trinajstić information content (AvgIpc) is 2.63. The van der Waals surface area contributed by atoms with Crippen LogP contribution in [0.5, 0.6) is 0 Å². The second kappa shape index (κ2) is 7.77. The molecule has 1 fully saturated rings. The van der Waals surface area contributed by atoms with Gasteiger partial charge in [0.05, 0.1) is 5.69 Å². The molecule has 1 aromatic carbocycles. The maximum Gasteiger partial charge on any atom is 0.248 e. The molecule has 2 aromatic rings. The molecular weight excluding hydrogens is 298 g/mol. The molecule has 2 heterocycles. The lowest BCUT2D eigenvalue weighted by Gasteiger charge is -2.30. The molecular formula is C20H23N3O. The smallest absolute Gasteiger partial charge is 0.248 e. The summed E-state index contributed by atoms with van der Waals surface area (Å²) in [5.74, 6) is -0.135. The zero-order chi connectivity index (χ0) is 16.8. The minimum Gasteiger partial charge on any atom is -0.371 e. The lowest BCUT2D eigenvalue weighted by Crippen LogP contribution is -2.29. The van der Waals surface area contributed by atoms with E-state index in [2.05, 4.69) is 21.3 Å². The minimum atomic E-state index is -0.135. The van der Waals surface area contributed by atoms with Gasteiger partial charge in [0.2, 0.25) is 5.91 Å². The van der Waals surface area contributed by atoms with Crippen molar-refractivity contribution in [3.8, 4) is 0 Å². The van der Waals surface area contributed by atoms with Gasteiger partial charge in [-0.25, -0.2) is 0 Å². The number of fused-ring (bicyclic) bond motifs is 1. The number of pyridine rings is 1. The second-order valence-electron chi connectivity index (χ2n) is 5.98. The number of nitrogens with zero attached hydrogens (tertiary/aromatic N) is 2. The van der Waals surface area contributed by atoms with Crippen LogP contribution in [0.25, 0.3) is 10.8 Å². The molecule has 0 atom stereocenters. The van der Waals surface area contributed by atoms with E-state index in [0.717, 1.165) is 29.5 Å². The Bertz CT molecular complexity index is 774. The fourth-order valence-electron chi connectivity index (χ4n) is 3.12. The Hall–Kier alpha value is -2.62. The normalized spacial score (nSPS) is 15.5. The van der Waals surface area contributed by atoms with Crippen LogP contribution in [0.2, 0.25) is 0 Å². The number of piperidine rings is 1. The highest BCUT2D eigenvalue weighted by Gasteiger charge is 2.15. The Morgan fingerprint density at radius 3 is 2.75 bits per heavy atom. The van der Waals surface area contributed by atoms with E-state index in [4.69, 9.17) is 0 Å². The monoisotopic (exact) mass is 321 g/mol. The van der Waals surface area contributed by atoms with Gasteiger partial charge in [-0.2, -0.15) is 0 Å². The summed E-state index contributed by atoms with van der Waals surface area (Å²) in [5.41, 5.74) is 2.03. The topological polar surface area (TPSA) is 45.2 Å². The van der Waals surface area contributed by atoms with Gasteiger partial charge in [0.15, 0.2) is 0 Å². The van der Waals surface area contributed by atoms with Crippen molar-refractivity contribution < 1.29 is 4.79 Å². The molecule has 3 rings (SSSR count). The number of carbonyl (C=O) groups is 1. The van der Waals surface area contributed by atoms with E-state index in [1.54, 1.807) is 6.08 Å². The van der Waals surface area contributed by atoms with E-state index in [1.165, 1.54) is 31.0 Å². The summed E-state index contributed by atoms with van der Waals surface area (Å²) in [4.78, 5) is 18.7. The number of hydrogen-bond donors (Lipinski definition) is 1. The summed E-state index contributed by atoms with van der Waals surface area (Å²) >= 11 is 0. The van der Waals surface area contributed by atoms with Gasteiger partial charge in [0.1, 0.15) is 0 Å². The van der Waals surface area contributed by atoms with E-state index >= 15 is 0 Å². The summed E-state index contributed by atoms with van der Waals surface area (Å²) in [7, 11) is 0. The SMILES string of the molecule is C/C=C/C=C/C(=O)Nc1ccc(N2CCCCC2)c2ccncc12. The Labute approximate surface area is 142 Å². The summed E-state index contributed by atoms with van der Waals surface area (Å²) in [6, 6.07) is 6.12. The molecule has 1 aliphatic heterocycles. The highest BCUT2D eigenvalue weighted by molar-refractivity contribution is 6.09. The third-order valence-corrected chi connectivity index (χ3v) is 4.30. The summed E-state index contributed by atoms with van der Waals surface area (Å²) in [6.07, 6.45) is 14.4. The predicted molar refractivity (Wildman–Crippen MR) is 100 cm³/mol. The van der Waals surface area contributed by atoms with Crippen LogP contribution in [0, 0.1) is 0 Å². The molecule has 4 nitrogen and oxygen atoms in total. The number of anilines is 2. The number of nitrogens with one attached hydrogen (secondary N) is 1. The summed E-state index contributed by atoms with van der Waals surface area (Å²) in [6.45, 7) is 4.10. The third kappa shape index (κ3) is 3.65. The molecule has 0 aliphatic carbocycles. The average molecular weight is 321 g/mol. The van der Waals surface area contributed by atoms with Crippen molar-refractivity contribution in [3.63, 3.8) is 0 Å². The zero-order valence-electron chi connectivity index (χ0n) is 14.0. The predicted octanol–water partition coefficient (Wildman–Crippen LogP) is 4.30. The van der Waals surface area contributed by atoms with Crippen molar-refractivity contribution in [2.24, 2.45) is 0 Å². The first-order chi connectivity index (χ1) is 11.8. The molecule has 0 bridgehead atoms. The number of amides is 1. The zero-order valence-corrected chi connectivity index (χ0v) is 14.0. The van der Waals surface area contributed by atoms with E-state index < -0.39 is 0 Å². The highest BCUT2D eigenvalue weighted by atomic mass is 16.1. The summed E-state index contributed by atoms with van der Waals surface area (Å²) < 4.78 is 0. The van der Waals surface area contributed by atoms with Crippen LogP contribution in [0.1, 0.15) is 26.2 Å². The molecule has 4 heteroatoms. The molecule has 0 spiro atoms. The third-order valence-electron chi connectivity index (χ3n) is 4.30. The van der Waals surface area contributed by atoms with Gasteiger partial charge in [-0.3, -0.25) is 9.78 Å². The van der Waals surface area contributed by atoms with Gasteiger partial charge < -0.3 is 10.2 Å². The number of rotatable bonds is 4. The van der Waals surface area contributed by atoms with E-state index in [-0.39, 0.29) is 5.91 Å². The molecule has 1 aliphatic rings. The van der Waals surface area contributed by atoms with Crippen molar-refractivity contribution in [3.05, 3.63) is 54.9 Å². The number of allylic oxidation sites excluding steroid dienone is 3. The molecule has 1 amide bonds. The molecule has 1 aromatic heterocycles. The van der Waals surface area contributed by atoms with Crippen LogP contribution in [0.4, 0.5) is 11.4 Å². The van der Waals surface area contributed by atoms with Gasteiger partial charge in [-0.05, 0) is 44.4 Å². The lowest BCUT2D eigenvalue weighted by atomic mass is 10.1. The van der Waals surface area contributed by atoms with Gasteiger partial charge in [0, 0.05) is 48.0 Å². The Morgan fingerprint density at radius 2 is 1.96 bits per heavy atom. The van der Waals surface area contributed by atoms with Crippen LogP contribution in [0.15, 0.2) is 54.9 Å². The summed E-state index contributed by atoms with van der Waals surface area (Å²) in [5, 5.41) is 5.08. The van der Waals surface area contributed by atoms with Crippen molar-refractivity contribution in [2.75, 3.05) is 23.3 Å². The first-order valence-electron chi connectivity index (χ1n) is 8.51. The minimum absolute atomic E-state index is 0.135. The lowest BCUT2D eigenvalue weighted by molar-refractivity contribution is -0.111. The van der Waals surface area contributed by atoms with E-state index in [9.17, 15) is 4.79 Å². The van der Waals surface area contributed by atoms with Crippen molar-refractivity contribution in [1.82, 2.24) is 4.98 Å². The van der Waals surface area contributed by atoms with Gasteiger partial charge in [-0.15, -0.1) is 0 Å². The largest absolute Gasteiger partial charge is 0.371 e. The number of benzene rings is 1. The van der Waals surface area contributed by atoms with Crippen LogP contribution in [0.3, 0.4) is 0 Å². The molecule has 124 valence electrons. The van der Waals surface area contributed by atoms with Crippen LogP contribution in [-0.4, -0.2) is 24.0 Å². The first-order valence-corrected chi connectivity index (χ1v) is 8.51. The van der Waals surface area contributed by atoms with Crippen LogP contribution in [-0.2, 0) is 4.79 Å². The van der Waals surface area contributed by atoms with E-state index in [1.807, 2.05) is 43.6 Å². The Morgan fingerprint density at radius 1 is 1.12 bits per heavy atom. The molecule has 0 saturated carbocycles. The van der Waals surface area contributed by atoms with Crippen molar-refractivity contribution >= 4 is 28.1 Å². The number of hydrogen-bond acceptors (Lipinski definition) is 3. The highest BCUT2D eigenvalue weighted by Crippen LogP contribution is 2.33. The van der Waals surface area contributed by atoms with Gasteiger partial charge >= 0.3 is 0 Å². The Kier molecular flexibility index (Phi) is 5.26. The van der Waals surface area contributed by atoms with Crippen LogP contribution >= 0.6 is 0 Å². The van der Waals surface area contributed by atoms with Crippen molar-refractivity contribution in [1.29, 1.82) is 0 Å². The quantitative estimate of drug-likeness (QED) is 0.675. The van der Waals surface area contributed by atoms with Gasteiger partial charge in [-0.1, -0.05) is 18.2 Å². The number of carbonyl (C=O) groups excluding carboxylic acids is 1. The first kappa shape index (κ1) is 16.2. The molecule has 1 saturated heterocycles. The van der Waals surface area contributed by atoms with Crippen molar-refractivity contribution in [2.45, 2.75) is 26.2 Å². The Balaban J connectivity index is 1.92. The van der Waals surface area contributed by atoms with Gasteiger partial charge in [0.25, 0.3) is 0 Å². The molecule has 0 unspecified atom stereocenters. The number of aromatic nitrogens is 1. The fourth-order valence-corrected chi connectivity index (χ4v) is 3.12. The maximum atomic E-state index is 12.1. The second-order valence-corrected chi connectivity index (χ2v) is 5.98. The molecule has 24 heavy (non-hydrogen) atoms. The standard InChI is InChI=1S/C20H23N3O/c1-2-3-5-8-20(24)22-18-9-10-19(23-13-6-4-7-14-23)16-11-12-21-15-17(16)18/h2-3,5,8-12,15H,4,6-7,13-14H2,1H3,(H,22,24)/b3-2+,8-5+. The maximum absolute atomic E-state index is 12.1.